The number of benzene rings is 2. The Morgan fingerprint density at radius 1 is 1.11 bits per heavy atom. The maximum absolute atomic E-state index is 12.9. The van der Waals surface area contributed by atoms with E-state index in [4.69, 9.17) is 0 Å². The summed E-state index contributed by atoms with van der Waals surface area (Å²) in [5.41, 5.74) is 3.07. The van der Waals surface area contributed by atoms with Gasteiger partial charge in [0, 0.05) is 19.9 Å². The Labute approximate surface area is 162 Å². The van der Waals surface area contributed by atoms with Gasteiger partial charge >= 0.3 is 0 Å². The molecule has 1 heterocycles. The second-order valence-electron chi connectivity index (χ2n) is 6.54. The molecule has 1 aliphatic heterocycles. The fraction of sp³-hybridized carbons (Fsp3) is 0.286. The van der Waals surface area contributed by atoms with Crippen LogP contribution in [0.3, 0.4) is 0 Å². The Morgan fingerprint density at radius 2 is 1.78 bits per heavy atom. The highest BCUT2D eigenvalue weighted by Crippen LogP contribution is 2.19. The largest absolute Gasteiger partial charge is 0.350 e. The SMILES string of the molecule is CC(=O)SC(Cc1ccccc1)C(=O)NC1Cc2ccccc2CNC1=O. The van der Waals surface area contributed by atoms with Crippen LogP contribution in [0.2, 0.25) is 0 Å². The molecule has 0 fully saturated rings. The number of carbonyl (C=O) groups is 3. The molecule has 3 rings (SSSR count). The van der Waals surface area contributed by atoms with Gasteiger partial charge in [0.1, 0.15) is 6.04 Å². The van der Waals surface area contributed by atoms with Crippen molar-refractivity contribution in [3.63, 3.8) is 0 Å². The Morgan fingerprint density at radius 3 is 2.48 bits per heavy atom. The Balaban J connectivity index is 1.73. The number of amides is 2. The molecular weight excluding hydrogens is 360 g/mol. The first-order valence-corrected chi connectivity index (χ1v) is 9.77. The molecule has 2 atom stereocenters. The van der Waals surface area contributed by atoms with E-state index in [9.17, 15) is 14.4 Å². The van der Waals surface area contributed by atoms with Crippen LogP contribution in [-0.4, -0.2) is 28.2 Å². The summed E-state index contributed by atoms with van der Waals surface area (Å²) >= 11 is 1.00. The van der Waals surface area contributed by atoms with Crippen molar-refractivity contribution in [1.29, 1.82) is 0 Å². The summed E-state index contributed by atoms with van der Waals surface area (Å²) in [6, 6.07) is 16.7. The molecule has 0 aromatic heterocycles. The smallest absolute Gasteiger partial charge is 0.243 e. The van der Waals surface area contributed by atoms with Crippen molar-refractivity contribution in [3.8, 4) is 0 Å². The van der Waals surface area contributed by atoms with Crippen LogP contribution in [0, 0.1) is 0 Å². The highest BCUT2D eigenvalue weighted by Gasteiger charge is 2.29. The second kappa shape index (κ2) is 8.86. The molecule has 27 heavy (non-hydrogen) atoms. The zero-order valence-corrected chi connectivity index (χ0v) is 15.9. The number of fused-ring (bicyclic) bond motifs is 1. The van der Waals surface area contributed by atoms with Crippen LogP contribution < -0.4 is 10.6 Å². The monoisotopic (exact) mass is 382 g/mol. The molecule has 5 nitrogen and oxygen atoms in total. The van der Waals surface area contributed by atoms with Gasteiger partial charge in [-0.3, -0.25) is 14.4 Å². The lowest BCUT2D eigenvalue weighted by atomic mass is 10.0. The molecule has 2 aromatic carbocycles. The van der Waals surface area contributed by atoms with E-state index in [0.717, 1.165) is 28.5 Å². The van der Waals surface area contributed by atoms with Crippen molar-refractivity contribution in [2.45, 2.75) is 37.6 Å². The first kappa shape index (κ1) is 19.2. The summed E-state index contributed by atoms with van der Waals surface area (Å²) in [6.07, 6.45) is 0.873. The predicted octanol–water partition coefficient (Wildman–Crippen LogP) is 2.23. The van der Waals surface area contributed by atoms with E-state index >= 15 is 0 Å². The third kappa shape index (κ3) is 5.20. The number of thioether (sulfide) groups is 1. The van der Waals surface area contributed by atoms with Gasteiger partial charge in [0.05, 0.1) is 5.25 Å². The fourth-order valence-electron chi connectivity index (χ4n) is 3.14. The van der Waals surface area contributed by atoms with Crippen LogP contribution in [0.25, 0.3) is 0 Å². The van der Waals surface area contributed by atoms with Crippen LogP contribution in [0.4, 0.5) is 0 Å². The molecule has 140 valence electrons. The van der Waals surface area contributed by atoms with Gasteiger partial charge in [-0.15, -0.1) is 0 Å². The molecule has 2 amide bonds. The van der Waals surface area contributed by atoms with E-state index in [2.05, 4.69) is 10.6 Å². The quantitative estimate of drug-likeness (QED) is 0.832. The summed E-state index contributed by atoms with van der Waals surface area (Å²) in [6.45, 7) is 1.90. The van der Waals surface area contributed by atoms with E-state index in [-0.39, 0.29) is 16.9 Å². The first-order chi connectivity index (χ1) is 13.0. The summed E-state index contributed by atoms with van der Waals surface area (Å²) < 4.78 is 0. The predicted molar refractivity (Wildman–Crippen MR) is 106 cm³/mol. The number of hydrogen-bond donors (Lipinski definition) is 2. The summed E-state index contributed by atoms with van der Waals surface area (Å²) in [7, 11) is 0. The molecule has 0 saturated heterocycles. The van der Waals surface area contributed by atoms with Crippen molar-refractivity contribution in [3.05, 3.63) is 71.3 Å². The van der Waals surface area contributed by atoms with Gasteiger partial charge in [-0.25, -0.2) is 0 Å². The molecule has 2 unspecified atom stereocenters. The van der Waals surface area contributed by atoms with Gasteiger partial charge in [0.2, 0.25) is 11.8 Å². The number of rotatable bonds is 5. The third-order valence-electron chi connectivity index (χ3n) is 4.49. The number of nitrogens with one attached hydrogen (secondary N) is 2. The van der Waals surface area contributed by atoms with Gasteiger partial charge in [0.15, 0.2) is 5.12 Å². The molecule has 0 spiro atoms. The van der Waals surface area contributed by atoms with E-state index in [1.54, 1.807) is 0 Å². The van der Waals surface area contributed by atoms with Crippen molar-refractivity contribution in [2.75, 3.05) is 0 Å². The van der Waals surface area contributed by atoms with Crippen molar-refractivity contribution in [2.24, 2.45) is 0 Å². The molecule has 0 bridgehead atoms. The van der Waals surface area contributed by atoms with E-state index in [1.807, 2.05) is 54.6 Å². The van der Waals surface area contributed by atoms with Gasteiger partial charge in [-0.05, 0) is 23.1 Å². The zero-order valence-electron chi connectivity index (χ0n) is 15.1. The molecule has 0 saturated carbocycles. The van der Waals surface area contributed by atoms with E-state index < -0.39 is 11.3 Å². The number of carbonyl (C=O) groups excluding carboxylic acids is 3. The minimum atomic E-state index is -0.646. The van der Waals surface area contributed by atoms with Crippen LogP contribution in [0.1, 0.15) is 23.6 Å². The molecule has 0 aliphatic carbocycles. The highest BCUT2D eigenvalue weighted by atomic mass is 32.2. The average molecular weight is 382 g/mol. The van der Waals surface area contributed by atoms with Gasteiger partial charge in [0.25, 0.3) is 0 Å². The van der Waals surface area contributed by atoms with Crippen LogP contribution in [-0.2, 0) is 33.8 Å². The van der Waals surface area contributed by atoms with E-state index in [0.29, 0.717) is 19.4 Å². The van der Waals surface area contributed by atoms with Crippen LogP contribution in [0.5, 0.6) is 0 Å². The highest BCUT2D eigenvalue weighted by molar-refractivity contribution is 8.14. The summed E-state index contributed by atoms with van der Waals surface area (Å²) in [5, 5.41) is 5.01. The fourth-order valence-corrected chi connectivity index (χ4v) is 4.00. The molecule has 2 N–H and O–H groups in total. The lowest BCUT2D eigenvalue weighted by Crippen LogP contribution is -2.49. The lowest BCUT2D eigenvalue weighted by molar-refractivity contribution is -0.128. The Bertz CT molecular complexity index is 838. The minimum Gasteiger partial charge on any atom is -0.350 e. The standard InChI is InChI=1S/C21H22N2O3S/c1-14(24)27-19(11-15-7-3-2-4-8-15)21(26)23-18-12-16-9-5-6-10-17(16)13-22-20(18)25/h2-10,18-19H,11-13H2,1H3,(H,22,25)(H,23,26). The molecule has 0 radical (unpaired) electrons. The first-order valence-electron chi connectivity index (χ1n) is 8.89. The molecule has 1 aliphatic rings. The van der Waals surface area contributed by atoms with Crippen LogP contribution >= 0.6 is 11.8 Å². The Kier molecular flexibility index (Phi) is 6.29. The molecular formula is C21H22N2O3S. The van der Waals surface area contributed by atoms with E-state index in [1.165, 1.54) is 6.92 Å². The second-order valence-corrected chi connectivity index (χ2v) is 7.92. The van der Waals surface area contributed by atoms with Crippen LogP contribution in [0.15, 0.2) is 54.6 Å². The van der Waals surface area contributed by atoms with Crippen molar-refractivity contribution < 1.29 is 14.4 Å². The van der Waals surface area contributed by atoms with Crippen molar-refractivity contribution in [1.82, 2.24) is 10.6 Å². The van der Waals surface area contributed by atoms with Gasteiger partial charge in [-0.1, -0.05) is 66.4 Å². The number of hydrogen-bond acceptors (Lipinski definition) is 4. The lowest BCUT2D eigenvalue weighted by Gasteiger charge is -2.20. The normalized spacial score (nSPS) is 17.2. The average Bonchev–Trinajstić information content (AvgIpc) is 2.81. The maximum Gasteiger partial charge on any atom is 0.243 e. The molecule has 6 heteroatoms. The van der Waals surface area contributed by atoms with Crippen molar-refractivity contribution >= 4 is 28.7 Å². The zero-order chi connectivity index (χ0) is 19.2. The maximum atomic E-state index is 12.9. The summed E-state index contributed by atoms with van der Waals surface area (Å²) in [5.74, 6) is -0.496. The Hall–Kier alpha value is -2.60. The minimum absolute atomic E-state index is 0.123. The molecule has 2 aromatic rings. The van der Waals surface area contributed by atoms with Gasteiger partial charge in [-0.2, -0.15) is 0 Å². The third-order valence-corrected chi connectivity index (χ3v) is 5.49. The summed E-state index contributed by atoms with van der Waals surface area (Å²) in [4.78, 5) is 36.9. The topological polar surface area (TPSA) is 75.3 Å². The van der Waals surface area contributed by atoms with Gasteiger partial charge < -0.3 is 10.6 Å².